The van der Waals surface area contributed by atoms with Crippen LogP contribution in [0.2, 0.25) is 0 Å². The van der Waals surface area contributed by atoms with Crippen molar-refractivity contribution in [3.63, 3.8) is 0 Å². The van der Waals surface area contributed by atoms with E-state index in [-0.39, 0.29) is 10.5 Å². The predicted octanol–water partition coefficient (Wildman–Crippen LogP) is 5.19. The van der Waals surface area contributed by atoms with Gasteiger partial charge in [-0.2, -0.15) is 5.10 Å². The average Bonchev–Trinajstić information content (AvgIpc) is 3.39. The molecule has 0 radical (unpaired) electrons. The van der Waals surface area contributed by atoms with E-state index in [1.165, 1.54) is 18.2 Å². The summed E-state index contributed by atoms with van der Waals surface area (Å²) in [5, 5.41) is 15.0. The molecule has 0 saturated heterocycles. The first kappa shape index (κ1) is 21.4. The van der Waals surface area contributed by atoms with Crippen LogP contribution in [0.4, 0.5) is 5.69 Å². The maximum Gasteiger partial charge on any atom is 0.335 e. The Hall–Kier alpha value is -4.43. The molecule has 0 bridgehead atoms. The molecule has 0 aliphatic rings. The van der Waals surface area contributed by atoms with Gasteiger partial charge in [0, 0.05) is 17.8 Å². The molecule has 1 heterocycles. The van der Waals surface area contributed by atoms with E-state index < -0.39 is 16.0 Å². The summed E-state index contributed by atoms with van der Waals surface area (Å²) in [6.07, 6.45) is 3.43. The zero-order valence-electron chi connectivity index (χ0n) is 17.8. The highest BCUT2D eigenvalue weighted by molar-refractivity contribution is 7.92. The van der Waals surface area contributed by atoms with Crippen LogP contribution in [0.15, 0.2) is 108 Å². The van der Waals surface area contributed by atoms with Gasteiger partial charge in [-0.1, -0.05) is 42.5 Å². The number of hydrogen-bond donors (Lipinski definition) is 2. The summed E-state index contributed by atoms with van der Waals surface area (Å²) in [6.45, 7) is 0. The van der Waals surface area contributed by atoms with E-state index in [4.69, 9.17) is 0 Å². The third-order valence-electron chi connectivity index (χ3n) is 5.50. The van der Waals surface area contributed by atoms with Crippen LogP contribution in [0.1, 0.15) is 10.4 Å². The van der Waals surface area contributed by atoms with E-state index in [0.717, 1.165) is 22.2 Å². The fourth-order valence-corrected chi connectivity index (χ4v) is 4.94. The molecule has 0 aliphatic carbocycles. The lowest BCUT2D eigenvalue weighted by molar-refractivity contribution is 0.0697. The number of carboxylic acids is 1. The summed E-state index contributed by atoms with van der Waals surface area (Å²) in [4.78, 5) is 11.5. The Morgan fingerprint density at radius 2 is 1.62 bits per heavy atom. The van der Waals surface area contributed by atoms with E-state index in [0.29, 0.717) is 11.1 Å². The Morgan fingerprint density at radius 1 is 0.853 bits per heavy atom. The number of anilines is 1. The molecule has 1 aromatic heterocycles. The molecule has 2 N–H and O–H groups in total. The number of aromatic nitrogens is 2. The van der Waals surface area contributed by atoms with Crippen molar-refractivity contribution in [1.29, 1.82) is 0 Å². The molecule has 5 aromatic rings. The summed E-state index contributed by atoms with van der Waals surface area (Å²) in [5.41, 5.74) is 2.92. The van der Waals surface area contributed by atoms with E-state index in [1.807, 2.05) is 30.3 Å². The molecule has 0 unspecified atom stereocenters. The van der Waals surface area contributed by atoms with Crippen LogP contribution in [0.3, 0.4) is 0 Å². The molecule has 0 atom stereocenters. The molecule has 168 valence electrons. The highest BCUT2D eigenvalue weighted by Crippen LogP contribution is 2.34. The van der Waals surface area contributed by atoms with Crippen LogP contribution in [0.5, 0.6) is 0 Å². The van der Waals surface area contributed by atoms with Crippen molar-refractivity contribution in [3.8, 4) is 16.8 Å². The Bertz CT molecular complexity index is 1610. The zero-order valence-corrected chi connectivity index (χ0v) is 18.6. The average molecular weight is 470 g/mol. The van der Waals surface area contributed by atoms with Gasteiger partial charge in [-0.15, -0.1) is 0 Å². The lowest BCUT2D eigenvalue weighted by Gasteiger charge is -2.14. The second kappa shape index (κ2) is 8.49. The first-order valence-electron chi connectivity index (χ1n) is 10.4. The van der Waals surface area contributed by atoms with Crippen LogP contribution in [0.25, 0.3) is 27.6 Å². The normalized spacial score (nSPS) is 11.4. The zero-order chi connectivity index (χ0) is 23.7. The largest absolute Gasteiger partial charge is 0.478 e. The Balaban J connectivity index is 1.52. The number of nitrogens with one attached hydrogen (secondary N) is 1. The van der Waals surface area contributed by atoms with Crippen molar-refractivity contribution in [2.75, 3.05) is 4.72 Å². The molecular formula is C26H19N3O4S. The van der Waals surface area contributed by atoms with E-state index >= 15 is 0 Å². The van der Waals surface area contributed by atoms with Crippen molar-refractivity contribution in [1.82, 2.24) is 9.78 Å². The van der Waals surface area contributed by atoms with Gasteiger partial charge >= 0.3 is 5.97 Å². The quantitative estimate of drug-likeness (QED) is 0.356. The highest BCUT2D eigenvalue weighted by atomic mass is 32.2. The number of benzene rings is 4. The van der Waals surface area contributed by atoms with Crippen LogP contribution in [-0.4, -0.2) is 29.3 Å². The van der Waals surface area contributed by atoms with Gasteiger partial charge in [0.15, 0.2) is 0 Å². The van der Waals surface area contributed by atoms with Crippen LogP contribution < -0.4 is 4.72 Å². The minimum Gasteiger partial charge on any atom is -0.478 e. The Morgan fingerprint density at radius 3 is 2.32 bits per heavy atom. The van der Waals surface area contributed by atoms with Crippen LogP contribution in [-0.2, 0) is 10.0 Å². The third kappa shape index (κ3) is 4.02. The van der Waals surface area contributed by atoms with Gasteiger partial charge in [0.2, 0.25) is 0 Å². The van der Waals surface area contributed by atoms with Gasteiger partial charge in [0.05, 0.1) is 21.8 Å². The SMILES string of the molecule is O=C(O)c1cccc(-c2ccc(NS(=O)(=O)c3ccc(-n4cccn4)cc3)c3ccccc23)c1. The molecule has 7 nitrogen and oxygen atoms in total. The summed E-state index contributed by atoms with van der Waals surface area (Å²) in [5.74, 6) is -1.01. The van der Waals surface area contributed by atoms with Gasteiger partial charge in [-0.05, 0) is 65.0 Å². The van der Waals surface area contributed by atoms with E-state index in [9.17, 15) is 18.3 Å². The number of sulfonamides is 1. The molecule has 0 saturated carbocycles. The smallest absolute Gasteiger partial charge is 0.335 e. The molecule has 34 heavy (non-hydrogen) atoms. The maximum atomic E-state index is 13.1. The van der Waals surface area contributed by atoms with Crippen molar-refractivity contribution >= 4 is 32.5 Å². The van der Waals surface area contributed by atoms with Crippen molar-refractivity contribution < 1.29 is 18.3 Å². The van der Waals surface area contributed by atoms with Gasteiger partial charge in [0.1, 0.15) is 0 Å². The van der Waals surface area contributed by atoms with Crippen molar-refractivity contribution in [2.24, 2.45) is 0 Å². The molecule has 4 aromatic carbocycles. The fraction of sp³-hybridized carbons (Fsp3) is 0. The number of carboxylic acid groups (broad SMARTS) is 1. The first-order valence-corrected chi connectivity index (χ1v) is 11.9. The first-order chi connectivity index (χ1) is 16.4. The van der Waals surface area contributed by atoms with Crippen LogP contribution >= 0.6 is 0 Å². The van der Waals surface area contributed by atoms with Crippen molar-refractivity contribution in [3.05, 3.63) is 109 Å². The molecule has 5 rings (SSSR count). The molecule has 0 amide bonds. The third-order valence-corrected chi connectivity index (χ3v) is 6.89. The minimum atomic E-state index is -3.84. The fourth-order valence-electron chi connectivity index (χ4n) is 3.86. The van der Waals surface area contributed by atoms with Crippen molar-refractivity contribution in [2.45, 2.75) is 4.90 Å². The maximum absolute atomic E-state index is 13.1. The molecular weight excluding hydrogens is 450 g/mol. The topological polar surface area (TPSA) is 101 Å². The van der Waals surface area contributed by atoms with Crippen LogP contribution in [0, 0.1) is 0 Å². The number of aromatic carboxylic acids is 1. The van der Waals surface area contributed by atoms with Gasteiger partial charge in [0.25, 0.3) is 10.0 Å². The second-order valence-electron chi connectivity index (χ2n) is 7.64. The summed E-state index contributed by atoms with van der Waals surface area (Å²) < 4.78 is 30.6. The molecule has 0 aliphatic heterocycles. The lowest BCUT2D eigenvalue weighted by atomic mass is 9.96. The number of carbonyl (C=O) groups is 1. The Labute approximate surface area is 196 Å². The van der Waals surface area contributed by atoms with Gasteiger partial charge in [-0.3, -0.25) is 4.72 Å². The summed E-state index contributed by atoms with van der Waals surface area (Å²) in [6, 6.07) is 25.8. The molecule has 0 spiro atoms. The summed E-state index contributed by atoms with van der Waals surface area (Å²) in [7, 11) is -3.84. The molecule has 8 heteroatoms. The number of rotatable bonds is 6. The number of nitrogens with zero attached hydrogens (tertiary/aromatic N) is 2. The monoisotopic (exact) mass is 469 g/mol. The predicted molar refractivity (Wildman–Crippen MR) is 131 cm³/mol. The standard InChI is InChI=1S/C26H19N3O4S/c30-26(31)19-6-3-5-18(17-19)22-13-14-25(24-8-2-1-7-23(22)24)28-34(32,33)21-11-9-20(10-12-21)29-16-4-15-27-29/h1-17,28H,(H,30,31). The number of fused-ring (bicyclic) bond motifs is 1. The highest BCUT2D eigenvalue weighted by Gasteiger charge is 2.17. The molecule has 0 fully saturated rings. The van der Waals surface area contributed by atoms with E-state index in [1.54, 1.807) is 59.5 Å². The lowest BCUT2D eigenvalue weighted by Crippen LogP contribution is -2.13. The van der Waals surface area contributed by atoms with E-state index in [2.05, 4.69) is 9.82 Å². The summed E-state index contributed by atoms with van der Waals surface area (Å²) >= 11 is 0. The number of hydrogen-bond acceptors (Lipinski definition) is 4. The van der Waals surface area contributed by atoms with Gasteiger partial charge < -0.3 is 5.11 Å². The second-order valence-corrected chi connectivity index (χ2v) is 9.32. The van der Waals surface area contributed by atoms with Gasteiger partial charge in [-0.25, -0.2) is 17.9 Å². The Kier molecular flexibility index (Phi) is 5.35. The minimum absolute atomic E-state index is 0.130.